The van der Waals surface area contributed by atoms with E-state index in [-0.39, 0.29) is 0 Å². The molecule has 0 fully saturated rings. The molecule has 1 aromatic rings. The summed E-state index contributed by atoms with van der Waals surface area (Å²) in [6, 6.07) is 1.63. The van der Waals surface area contributed by atoms with Crippen molar-refractivity contribution < 1.29 is 8.78 Å². The Hall–Kier alpha value is 0.507. The summed E-state index contributed by atoms with van der Waals surface area (Å²) in [6.07, 6.45) is 0. The number of hydrogen-bond donors (Lipinski definition) is 0. The smallest absolute Gasteiger partial charge is 0.172 e. The molecule has 1 rings (SSSR count). The summed E-state index contributed by atoms with van der Waals surface area (Å²) < 4.78 is 28.0. The molecular formula is C9H10BrF2ISi. The first-order valence-electron chi connectivity index (χ1n) is 4.08. The van der Waals surface area contributed by atoms with Crippen LogP contribution in [-0.2, 0) is 0 Å². The van der Waals surface area contributed by atoms with E-state index in [4.69, 9.17) is 0 Å². The molecule has 0 saturated carbocycles. The number of halogens is 4. The van der Waals surface area contributed by atoms with Crippen LogP contribution in [-0.4, -0.2) is 8.07 Å². The average molecular weight is 391 g/mol. The molecule has 14 heavy (non-hydrogen) atoms. The minimum atomic E-state index is -1.84. The third-order valence-electron chi connectivity index (χ3n) is 1.86. The van der Waals surface area contributed by atoms with Crippen LogP contribution in [0.5, 0.6) is 0 Å². The third kappa shape index (κ3) is 2.36. The summed E-state index contributed by atoms with van der Waals surface area (Å²) in [5.41, 5.74) is 0. The lowest BCUT2D eigenvalue weighted by atomic mass is 10.3. The molecule has 0 saturated heterocycles. The molecule has 78 valence electrons. The molecule has 0 spiro atoms. The van der Waals surface area contributed by atoms with E-state index in [1.807, 2.05) is 19.6 Å². The maximum absolute atomic E-state index is 13.6. The first kappa shape index (κ1) is 12.6. The van der Waals surface area contributed by atoms with Gasteiger partial charge in [0, 0.05) is 4.47 Å². The predicted octanol–water partition coefficient (Wildman–Crippen LogP) is 3.88. The van der Waals surface area contributed by atoms with Crippen LogP contribution in [0.1, 0.15) is 0 Å². The fourth-order valence-electron chi connectivity index (χ4n) is 1.25. The molecule has 0 N–H and O–H groups in total. The maximum Gasteiger partial charge on any atom is 0.172 e. The predicted molar refractivity (Wildman–Crippen MR) is 69.8 cm³/mol. The first-order chi connectivity index (χ1) is 6.25. The van der Waals surface area contributed by atoms with Crippen LogP contribution in [0.25, 0.3) is 0 Å². The third-order valence-corrected chi connectivity index (χ3v) is 5.63. The van der Waals surface area contributed by atoms with Crippen molar-refractivity contribution in [1.82, 2.24) is 0 Å². The highest BCUT2D eigenvalue weighted by Gasteiger charge is 2.27. The van der Waals surface area contributed by atoms with Crippen LogP contribution in [0.4, 0.5) is 8.78 Å². The van der Waals surface area contributed by atoms with Crippen molar-refractivity contribution in [3.63, 3.8) is 0 Å². The number of benzene rings is 1. The van der Waals surface area contributed by atoms with E-state index in [0.717, 1.165) is 0 Å². The molecule has 0 radical (unpaired) electrons. The Labute approximate surface area is 105 Å². The largest absolute Gasteiger partial charge is 0.204 e. The molecular weight excluding hydrogens is 381 g/mol. The van der Waals surface area contributed by atoms with Crippen molar-refractivity contribution in [3.05, 3.63) is 25.7 Å². The van der Waals surface area contributed by atoms with Gasteiger partial charge in [-0.25, -0.2) is 8.78 Å². The van der Waals surface area contributed by atoms with Gasteiger partial charge in [-0.1, -0.05) is 35.6 Å². The van der Waals surface area contributed by atoms with Gasteiger partial charge >= 0.3 is 0 Å². The van der Waals surface area contributed by atoms with Gasteiger partial charge in [-0.3, -0.25) is 0 Å². The fourth-order valence-corrected chi connectivity index (χ4v) is 5.97. The second-order valence-corrected chi connectivity index (χ2v) is 11.1. The highest BCUT2D eigenvalue weighted by atomic mass is 127. The van der Waals surface area contributed by atoms with Crippen LogP contribution < -0.4 is 5.19 Å². The highest BCUT2D eigenvalue weighted by molar-refractivity contribution is 14.1. The second kappa shape index (κ2) is 4.17. The van der Waals surface area contributed by atoms with Crippen LogP contribution in [0.15, 0.2) is 10.5 Å². The average Bonchev–Trinajstić information content (AvgIpc) is 1.97. The van der Waals surface area contributed by atoms with Crippen LogP contribution >= 0.6 is 38.5 Å². The van der Waals surface area contributed by atoms with E-state index in [1.165, 1.54) is 0 Å². The minimum Gasteiger partial charge on any atom is -0.204 e. The zero-order valence-electron chi connectivity index (χ0n) is 8.09. The van der Waals surface area contributed by atoms with Crippen molar-refractivity contribution >= 4 is 51.8 Å². The molecule has 1 aromatic carbocycles. The Morgan fingerprint density at radius 3 is 2.14 bits per heavy atom. The van der Waals surface area contributed by atoms with Gasteiger partial charge in [-0.15, -0.1) is 0 Å². The summed E-state index contributed by atoms with van der Waals surface area (Å²) in [4.78, 5) is 0. The van der Waals surface area contributed by atoms with Crippen molar-refractivity contribution in [3.8, 4) is 0 Å². The van der Waals surface area contributed by atoms with Crippen molar-refractivity contribution in [2.75, 3.05) is 0 Å². The van der Waals surface area contributed by atoms with E-state index < -0.39 is 19.7 Å². The first-order valence-corrected chi connectivity index (χ1v) is 9.46. The summed E-state index contributed by atoms with van der Waals surface area (Å²) >= 11 is 5.08. The zero-order valence-corrected chi connectivity index (χ0v) is 12.8. The number of hydrogen-bond acceptors (Lipinski definition) is 0. The van der Waals surface area contributed by atoms with Gasteiger partial charge in [0.25, 0.3) is 0 Å². The second-order valence-electron chi connectivity index (χ2n) is 4.09. The molecule has 0 aliphatic rings. The quantitative estimate of drug-likeness (QED) is 0.295. The minimum absolute atomic E-state index is 0.314. The topological polar surface area (TPSA) is 0 Å². The lowest BCUT2D eigenvalue weighted by Gasteiger charge is -2.20. The highest BCUT2D eigenvalue weighted by Crippen LogP contribution is 2.22. The van der Waals surface area contributed by atoms with Crippen LogP contribution in [0.3, 0.4) is 0 Å². The van der Waals surface area contributed by atoms with Gasteiger partial charge in [-0.05, 0) is 33.8 Å². The van der Waals surface area contributed by atoms with E-state index in [2.05, 4.69) is 15.9 Å². The van der Waals surface area contributed by atoms with Crippen LogP contribution in [0, 0.1) is 15.2 Å². The van der Waals surface area contributed by atoms with E-state index in [0.29, 0.717) is 13.2 Å². The zero-order chi connectivity index (χ0) is 11.1. The molecule has 0 heterocycles. The van der Waals surface area contributed by atoms with Gasteiger partial charge in [0.15, 0.2) is 11.6 Å². The van der Waals surface area contributed by atoms with E-state index in [9.17, 15) is 8.78 Å². The molecule has 0 amide bonds. The van der Waals surface area contributed by atoms with Gasteiger partial charge in [-0.2, -0.15) is 0 Å². The Bertz CT molecular complexity index is 374. The molecule has 0 atom stereocenters. The maximum atomic E-state index is 13.6. The molecule has 0 bridgehead atoms. The Balaban J connectivity index is 3.53. The molecule has 0 aliphatic heterocycles. The summed E-state index contributed by atoms with van der Waals surface area (Å²) in [7, 11) is -1.84. The Kier molecular flexibility index (Phi) is 3.75. The lowest BCUT2D eigenvalue weighted by Crippen LogP contribution is -2.41. The molecule has 0 aliphatic carbocycles. The molecule has 0 aromatic heterocycles. The molecule has 5 heteroatoms. The summed E-state index contributed by atoms with van der Waals surface area (Å²) in [6.45, 7) is 5.97. The summed E-state index contributed by atoms with van der Waals surface area (Å²) in [5.74, 6) is -1.42. The van der Waals surface area contributed by atoms with Crippen molar-refractivity contribution in [1.29, 1.82) is 0 Å². The SMILES string of the molecule is C[Si](C)(C)c1c(Br)cc(I)c(F)c1F. The number of rotatable bonds is 1. The normalized spacial score (nSPS) is 11.9. The van der Waals surface area contributed by atoms with Gasteiger partial charge in [0.1, 0.15) is 0 Å². The van der Waals surface area contributed by atoms with Crippen molar-refractivity contribution in [2.24, 2.45) is 0 Å². The fraction of sp³-hybridized carbons (Fsp3) is 0.333. The van der Waals surface area contributed by atoms with Gasteiger partial charge in [0.05, 0.1) is 11.6 Å². The van der Waals surface area contributed by atoms with E-state index >= 15 is 0 Å². The summed E-state index contributed by atoms with van der Waals surface area (Å²) in [5, 5.41) is 0.524. The van der Waals surface area contributed by atoms with Gasteiger partial charge in [0.2, 0.25) is 0 Å². The van der Waals surface area contributed by atoms with Gasteiger partial charge < -0.3 is 0 Å². The van der Waals surface area contributed by atoms with Crippen molar-refractivity contribution in [2.45, 2.75) is 19.6 Å². The Morgan fingerprint density at radius 1 is 1.21 bits per heavy atom. The monoisotopic (exact) mass is 390 g/mol. The lowest BCUT2D eigenvalue weighted by molar-refractivity contribution is 0.508. The molecule has 0 unspecified atom stereocenters. The van der Waals surface area contributed by atoms with E-state index in [1.54, 1.807) is 28.7 Å². The Morgan fingerprint density at radius 2 is 1.71 bits per heavy atom. The molecule has 0 nitrogen and oxygen atoms in total. The van der Waals surface area contributed by atoms with Crippen LogP contribution in [0.2, 0.25) is 19.6 Å². The standard InChI is InChI=1S/C9H10BrF2ISi/c1-14(2,3)9-5(10)4-6(13)7(11)8(9)12/h4H,1-3H3.